The van der Waals surface area contributed by atoms with E-state index in [2.05, 4.69) is 54.5 Å². The molecule has 5 rings (SSSR count). The summed E-state index contributed by atoms with van der Waals surface area (Å²) in [6.07, 6.45) is 12.4. The van der Waals surface area contributed by atoms with Crippen molar-refractivity contribution in [3.63, 3.8) is 0 Å². The van der Waals surface area contributed by atoms with E-state index in [0.29, 0.717) is 23.5 Å². The van der Waals surface area contributed by atoms with Crippen LogP contribution in [0.25, 0.3) is 0 Å². The molecule has 3 heteroatoms. The average molecular weight is 455 g/mol. The Morgan fingerprint density at radius 3 is 2.15 bits per heavy atom. The molecule has 0 aromatic rings. The Hall–Kier alpha value is -1.12. The normalized spacial score (nSPS) is 50.2. The van der Waals surface area contributed by atoms with E-state index >= 15 is 0 Å². The second kappa shape index (κ2) is 6.76. The van der Waals surface area contributed by atoms with Crippen LogP contribution in [0.4, 0.5) is 0 Å². The molecule has 184 valence electrons. The quantitative estimate of drug-likeness (QED) is 0.419. The van der Waals surface area contributed by atoms with E-state index < -0.39 is 11.4 Å². The van der Waals surface area contributed by atoms with Crippen molar-refractivity contribution in [1.29, 1.82) is 0 Å². The summed E-state index contributed by atoms with van der Waals surface area (Å²) < 4.78 is 0. The van der Waals surface area contributed by atoms with Gasteiger partial charge in [-0.1, -0.05) is 60.1 Å². The van der Waals surface area contributed by atoms with Crippen molar-refractivity contribution in [3.05, 3.63) is 11.6 Å². The largest absolute Gasteiger partial charge is 0.481 e. The van der Waals surface area contributed by atoms with Crippen LogP contribution in [0.1, 0.15) is 113 Å². The lowest BCUT2D eigenvalue weighted by Gasteiger charge is -2.71. The van der Waals surface area contributed by atoms with Crippen LogP contribution in [0.5, 0.6) is 0 Å². The van der Waals surface area contributed by atoms with Crippen LogP contribution in [0.3, 0.4) is 0 Å². The summed E-state index contributed by atoms with van der Waals surface area (Å²) in [6, 6.07) is 0. The smallest absolute Gasteiger partial charge is 0.313 e. The van der Waals surface area contributed by atoms with Gasteiger partial charge in [0.05, 0.1) is 5.41 Å². The molecule has 1 N–H and O–H groups in total. The lowest BCUT2D eigenvalue weighted by Crippen LogP contribution is -2.65. The maximum Gasteiger partial charge on any atom is 0.313 e. The first-order valence-electron chi connectivity index (χ1n) is 13.6. The van der Waals surface area contributed by atoms with E-state index in [9.17, 15) is 14.7 Å². The van der Waals surface area contributed by atoms with Crippen LogP contribution in [0, 0.1) is 50.2 Å². The van der Waals surface area contributed by atoms with Crippen molar-refractivity contribution in [1.82, 2.24) is 0 Å². The molecule has 0 unspecified atom stereocenters. The molecular weight excluding hydrogens is 408 g/mol. The Morgan fingerprint density at radius 2 is 1.48 bits per heavy atom. The van der Waals surface area contributed by atoms with E-state index in [-0.39, 0.29) is 27.1 Å². The first kappa shape index (κ1) is 23.6. The van der Waals surface area contributed by atoms with E-state index in [1.165, 1.54) is 18.4 Å². The third kappa shape index (κ3) is 2.80. The molecule has 0 saturated heterocycles. The summed E-state index contributed by atoms with van der Waals surface area (Å²) in [5, 5.41) is 10.5. The third-order valence-electron chi connectivity index (χ3n) is 12.8. The summed E-state index contributed by atoms with van der Waals surface area (Å²) in [4.78, 5) is 25.6. The minimum Gasteiger partial charge on any atom is -0.481 e. The number of rotatable bonds is 1. The molecule has 0 aromatic carbocycles. The number of Topliss-reactive ketones (excluding diaryl/α,β-unsaturated/α-hetero) is 1. The molecule has 4 saturated carbocycles. The van der Waals surface area contributed by atoms with Crippen LogP contribution in [0.15, 0.2) is 11.6 Å². The molecule has 4 fully saturated rings. The highest BCUT2D eigenvalue weighted by atomic mass is 16.4. The highest BCUT2D eigenvalue weighted by Crippen LogP contribution is 2.76. The predicted octanol–water partition coefficient (Wildman–Crippen LogP) is 7.44. The van der Waals surface area contributed by atoms with Crippen molar-refractivity contribution in [2.24, 2.45) is 50.2 Å². The summed E-state index contributed by atoms with van der Waals surface area (Å²) in [6.45, 7) is 16.6. The number of hydrogen-bond donors (Lipinski definition) is 1. The molecule has 0 heterocycles. The number of aliphatic carboxylic acids is 1. The highest BCUT2D eigenvalue weighted by Gasteiger charge is 2.69. The van der Waals surface area contributed by atoms with Gasteiger partial charge in [0.25, 0.3) is 0 Å². The molecule has 0 aromatic heterocycles. The maximum atomic E-state index is 12.9. The predicted molar refractivity (Wildman–Crippen MR) is 132 cm³/mol. The molecule has 0 radical (unpaired) electrons. The minimum absolute atomic E-state index is 0.0850. The van der Waals surface area contributed by atoms with Crippen LogP contribution < -0.4 is 0 Å². The van der Waals surface area contributed by atoms with Crippen molar-refractivity contribution in [2.45, 2.75) is 113 Å². The van der Waals surface area contributed by atoms with Crippen LogP contribution in [0.2, 0.25) is 0 Å². The topological polar surface area (TPSA) is 54.4 Å². The fourth-order valence-electron chi connectivity index (χ4n) is 10.5. The number of fused-ring (bicyclic) bond motifs is 7. The van der Waals surface area contributed by atoms with E-state index in [1.54, 1.807) is 0 Å². The molecule has 5 aliphatic carbocycles. The van der Waals surface area contributed by atoms with Gasteiger partial charge in [0, 0.05) is 11.8 Å². The fraction of sp³-hybridized carbons (Fsp3) is 0.867. The Morgan fingerprint density at radius 1 is 0.818 bits per heavy atom. The zero-order valence-electron chi connectivity index (χ0n) is 22.1. The fourth-order valence-corrected chi connectivity index (χ4v) is 10.5. The zero-order valence-corrected chi connectivity index (χ0v) is 22.1. The Balaban J connectivity index is 1.59. The van der Waals surface area contributed by atoms with Crippen LogP contribution in [-0.2, 0) is 9.59 Å². The second-order valence-corrected chi connectivity index (χ2v) is 14.7. The van der Waals surface area contributed by atoms with E-state index in [1.807, 2.05) is 0 Å². The number of allylic oxidation sites excluding steroid dienone is 1. The number of ketones is 1. The standard InChI is InChI=1S/C30H46O3/c1-25(2)14-16-30(24(32)33)17-15-28(6)19(20(30)18-25)8-9-22-27(5)12-11-23(31)26(3,4)21(27)10-13-29(22,28)7/h18-19,21-22H,8-17H2,1-7H3,(H,32,33)/t19-,21+,22-,27+,28-,29-,30+/m0/s1. The number of carbonyl (C=O) groups excluding carboxylic acids is 1. The van der Waals surface area contributed by atoms with Gasteiger partial charge in [0.2, 0.25) is 0 Å². The van der Waals surface area contributed by atoms with Gasteiger partial charge in [-0.15, -0.1) is 0 Å². The van der Waals surface area contributed by atoms with Gasteiger partial charge < -0.3 is 5.11 Å². The molecule has 0 bridgehead atoms. The van der Waals surface area contributed by atoms with Crippen LogP contribution >= 0.6 is 0 Å². The molecule has 5 aliphatic rings. The van der Waals surface area contributed by atoms with Crippen molar-refractivity contribution < 1.29 is 14.7 Å². The maximum absolute atomic E-state index is 12.9. The number of hydrogen-bond acceptors (Lipinski definition) is 2. The Labute approximate surface area is 201 Å². The van der Waals surface area contributed by atoms with Gasteiger partial charge >= 0.3 is 5.97 Å². The van der Waals surface area contributed by atoms with Gasteiger partial charge in [0.15, 0.2) is 0 Å². The van der Waals surface area contributed by atoms with E-state index in [0.717, 1.165) is 51.4 Å². The first-order valence-corrected chi connectivity index (χ1v) is 13.6. The molecule has 0 spiro atoms. The Bertz CT molecular complexity index is 927. The molecule has 3 nitrogen and oxygen atoms in total. The third-order valence-corrected chi connectivity index (χ3v) is 12.8. The molecule has 0 amide bonds. The molecule has 33 heavy (non-hydrogen) atoms. The average Bonchev–Trinajstić information content (AvgIpc) is 2.71. The van der Waals surface area contributed by atoms with Crippen LogP contribution in [-0.4, -0.2) is 16.9 Å². The van der Waals surface area contributed by atoms with Gasteiger partial charge in [-0.3, -0.25) is 9.59 Å². The Kier molecular flexibility index (Phi) is 4.83. The number of carbonyl (C=O) groups is 2. The van der Waals surface area contributed by atoms with Gasteiger partial charge in [0.1, 0.15) is 5.78 Å². The van der Waals surface area contributed by atoms with Gasteiger partial charge in [-0.25, -0.2) is 0 Å². The zero-order chi connectivity index (χ0) is 24.2. The number of carboxylic acids is 1. The first-order chi connectivity index (χ1) is 15.1. The summed E-state index contributed by atoms with van der Waals surface area (Å²) in [7, 11) is 0. The van der Waals surface area contributed by atoms with Crippen molar-refractivity contribution >= 4 is 11.8 Å². The molecular formula is C30H46O3. The summed E-state index contributed by atoms with van der Waals surface area (Å²) >= 11 is 0. The van der Waals surface area contributed by atoms with Gasteiger partial charge in [-0.05, 0) is 97.2 Å². The SMILES string of the molecule is CC1(C)C=C2[C@@H]3CC[C@H]4[C@]5(C)CCC(=O)C(C)(C)[C@H]5CC[C@]4(C)[C@@]3(C)CC[C@]2(C(=O)O)CC1. The molecule has 7 atom stereocenters. The monoisotopic (exact) mass is 454 g/mol. The lowest BCUT2D eigenvalue weighted by atomic mass is 9.32. The minimum atomic E-state index is -0.636. The van der Waals surface area contributed by atoms with Crippen molar-refractivity contribution in [2.75, 3.05) is 0 Å². The van der Waals surface area contributed by atoms with Gasteiger partial charge in [-0.2, -0.15) is 0 Å². The second-order valence-electron chi connectivity index (χ2n) is 14.7. The summed E-state index contributed by atoms with van der Waals surface area (Å²) in [5.41, 5.74) is 1.06. The lowest BCUT2D eigenvalue weighted by molar-refractivity contribution is -0.213. The number of carboxylic acid groups (broad SMARTS) is 1. The van der Waals surface area contributed by atoms with Crippen molar-refractivity contribution in [3.8, 4) is 0 Å². The molecule has 0 aliphatic heterocycles. The van der Waals surface area contributed by atoms with E-state index in [4.69, 9.17) is 0 Å². The highest BCUT2D eigenvalue weighted by molar-refractivity contribution is 5.85. The summed E-state index contributed by atoms with van der Waals surface area (Å²) in [5.74, 6) is 1.35.